The van der Waals surface area contributed by atoms with E-state index in [1.54, 1.807) is 0 Å². The molecule has 0 saturated heterocycles. The fourth-order valence-electron chi connectivity index (χ4n) is 1.52. The van der Waals surface area contributed by atoms with Crippen molar-refractivity contribution in [2.24, 2.45) is 4.99 Å². The monoisotopic (exact) mass is 160 g/mol. The fourth-order valence-corrected chi connectivity index (χ4v) is 1.52. The van der Waals surface area contributed by atoms with Crippen molar-refractivity contribution in [3.05, 3.63) is 30.1 Å². The fraction of sp³-hybridized carbons (Fsp3) is 0.400. The zero-order valence-electron chi connectivity index (χ0n) is 6.98. The number of nitrogens with zero attached hydrogens (tertiary/aromatic N) is 2. The summed E-state index contributed by atoms with van der Waals surface area (Å²) in [5.74, 6) is 0.552. The van der Waals surface area contributed by atoms with E-state index in [0.29, 0.717) is 5.92 Å². The molecule has 0 fully saturated rings. The molecule has 2 heterocycles. The highest BCUT2D eigenvalue weighted by molar-refractivity contribution is 5.58. The van der Waals surface area contributed by atoms with Crippen LogP contribution in [0.1, 0.15) is 24.5 Å². The summed E-state index contributed by atoms with van der Waals surface area (Å²) >= 11 is 0. The van der Waals surface area contributed by atoms with Crippen LogP contribution in [-0.4, -0.2) is 17.7 Å². The van der Waals surface area contributed by atoms with Crippen LogP contribution in [0, 0.1) is 0 Å². The van der Waals surface area contributed by atoms with Crippen molar-refractivity contribution in [1.82, 2.24) is 4.98 Å². The molecule has 0 saturated carbocycles. The second kappa shape index (κ2) is 3.48. The van der Waals surface area contributed by atoms with E-state index in [4.69, 9.17) is 0 Å². The first-order chi connectivity index (χ1) is 5.97. The van der Waals surface area contributed by atoms with Gasteiger partial charge in [0, 0.05) is 24.4 Å². The summed E-state index contributed by atoms with van der Waals surface area (Å²) in [5, 5.41) is 0. The van der Waals surface area contributed by atoms with E-state index in [0.717, 1.165) is 13.0 Å². The topological polar surface area (TPSA) is 25.2 Å². The lowest BCUT2D eigenvalue weighted by Crippen LogP contribution is -2.09. The van der Waals surface area contributed by atoms with Crippen molar-refractivity contribution in [1.29, 1.82) is 0 Å². The molecule has 1 aromatic heterocycles. The number of pyridine rings is 1. The van der Waals surface area contributed by atoms with Crippen molar-refractivity contribution in [3.8, 4) is 0 Å². The largest absolute Gasteiger partial charge is 0.297 e. The summed E-state index contributed by atoms with van der Waals surface area (Å²) in [6.07, 6.45) is 6.16. The molecule has 1 aromatic rings. The molecule has 0 aliphatic carbocycles. The third kappa shape index (κ3) is 1.52. The van der Waals surface area contributed by atoms with Crippen LogP contribution < -0.4 is 0 Å². The van der Waals surface area contributed by atoms with Crippen LogP contribution in [0.5, 0.6) is 0 Å². The smallest absolute Gasteiger partial charge is 0.0469 e. The lowest BCUT2D eigenvalue weighted by Gasteiger charge is -2.15. The summed E-state index contributed by atoms with van der Waals surface area (Å²) in [6, 6.07) is 6.09. The van der Waals surface area contributed by atoms with Gasteiger partial charge in [-0.25, -0.2) is 0 Å². The minimum atomic E-state index is 0.552. The Kier molecular flexibility index (Phi) is 2.16. The SMILES string of the molecule is C1=NCC(c2ccccn2)CC1. The minimum Gasteiger partial charge on any atom is -0.297 e. The van der Waals surface area contributed by atoms with Crippen LogP contribution in [0.2, 0.25) is 0 Å². The normalized spacial score (nSPS) is 22.5. The predicted octanol–water partition coefficient (Wildman–Crippen LogP) is 2.03. The van der Waals surface area contributed by atoms with Crippen molar-refractivity contribution in [2.75, 3.05) is 6.54 Å². The van der Waals surface area contributed by atoms with Crippen LogP contribution in [0.4, 0.5) is 0 Å². The summed E-state index contributed by atoms with van der Waals surface area (Å²) in [5.41, 5.74) is 1.19. The van der Waals surface area contributed by atoms with Gasteiger partial charge < -0.3 is 0 Å². The lowest BCUT2D eigenvalue weighted by atomic mass is 9.97. The number of hydrogen-bond acceptors (Lipinski definition) is 2. The molecular formula is C10H12N2. The van der Waals surface area contributed by atoms with Gasteiger partial charge in [0.1, 0.15) is 0 Å². The molecule has 0 spiro atoms. The van der Waals surface area contributed by atoms with Crippen LogP contribution in [-0.2, 0) is 0 Å². The first-order valence-electron chi connectivity index (χ1n) is 4.36. The third-order valence-electron chi connectivity index (χ3n) is 2.21. The zero-order valence-corrected chi connectivity index (χ0v) is 6.98. The van der Waals surface area contributed by atoms with E-state index >= 15 is 0 Å². The first-order valence-corrected chi connectivity index (χ1v) is 4.36. The molecule has 0 radical (unpaired) electrons. The summed E-state index contributed by atoms with van der Waals surface area (Å²) in [6.45, 7) is 0.914. The predicted molar refractivity (Wildman–Crippen MR) is 49.6 cm³/mol. The van der Waals surface area contributed by atoms with E-state index in [1.807, 2.05) is 24.5 Å². The third-order valence-corrected chi connectivity index (χ3v) is 2.21. The van der Waals surface area contributed by atoms with E-state index in [2.05, 4.69) is 16.0 Å². The summed E-state index contributed by atoms with van der Waals surface area (Å²) in [4.78, 5) is 8.60. The second-order valence-corrected chi connectivity index (χ2v) is 3.08. The highest BCUT2D eigenvalue weighted by Gasteiger charge is 2.13. The van der Waals surface area contributed by atoms with E-state index in [1.165, 1.54) is 12.1 Å². The number of aliphatic imine (C=N–C) groups is 1. The Labute approximate surface area is 72.4 Å². The van der Waals surface area contributed by atoms with Crippen LogP contribution in [0.3, 0.4) is 0 Å². The molecule has 0 bridgehead atoms. The van der Waals surface area contributed by atoms with Crippen molar-refractivity contribution in [3.63, 3.8) is 0 Å². The maximum atomic E-state index is 4.33. The first kappa shape index (κ1) is 7.47. The Morgan fingerprint density at radius 3 is 3.00 bits per heavy atom. The number of aromatic nitrogens is 1. The van der Waals surface area contributed by atoms with E-state index in [9.17, 15) is 0 Å². The Morgan fingerprint density at radius 2 is 2.33 bits per heavy atom. The van der Waals surface area contributed by atoms with Crippen LogP contribution in [0.15, 0.2) is 29.4 Å². The number of hydrogen-bond donors (Lipinski definition) is 0. The molecule has 62 valence electrons. The Hall–Kier alpha value is -1.18. The Bertz CT molecular complexity index is 266. The molecule has 1 unspecified atom stereocenters. The van der Waals surface area contributed by atoms with Gasteiger partial charge in [-0.3, -0.25) is 9.98 Å². The molecule has 2 rings (SSSR count). The maximum Gasteiger partial charge on any atom is 0.0469 e. The van der Waals surface area contributed by atoms with Gasteiger partial charge in [-0.05, 0) is 31.2 Å². The van der Waals surface area contributed by atoms with Crippen molar-refractivity contribution in [2.45, 2.75) is 18.8 Å². The van der Waals surface area contributed by atoms with Gasteiger partial charge >= 0.3 is 0 Å². The Balaban J connectivity index is 2.15. The van der Waals surface area contributed by atoms with Gasteiger partial charge in [0.25, 0.3) is 0 Å². The van der Waals surface area contributed by atoms with Gasteiger partial charge in [0.05, 0.1) is 0 Å². The average Bonchev–Trinajstić information content (AvgIpc) is 2.21. The highest BCUT2D eigenvalue weighted by Crippen LogP contribution is 2.21. The molecular weight excluding hydrogens is 148 g/mol. The molecule has 1 aliphatic heterocycles. The summed E-state index contributed by atoms with van der Waals surface area (Å²) < 4.78 is 0. The molecule has 2 nitrogen and oxygen atoms in total. The minimum absolute atomic E-state index is 0.552. The van der Waals surface area contributed by atoms with E-state index < -0.39 is 0 Å². The van der Waals surface area contributed by atoms with Gasteiger partial charge in [-0.15, -0.1) is 0 Å². The molecule has 2 heteroatoms. The van der Waals surface area contributed by atoms with Crippen molar-refractivity contribution < 1.29 is 0 Å². The summed E-state index contributed by atoms with van der Waals surface area (Å²) in [7, 11) is 0. The van der Waals surface area contributed by atoms with Gasteiger partial charge in [-0.2, -0.15) is 0 Å². The molecule has 0 N–H and O–H groups in total. The molecule has 1 atom stereocenters. The molecule has 0 amide bonds. The van der Waals surface area contributed by atoms with Gasteiger partial charge in [0.15, 0.2) is 0 Å². The highest BCUT2D eigenvalue weighted by atomic mass is 14.8. The molecule has 0 aromatic carbocycles. The average molecular weight is 160 g/mol. The van der Waals surface area contributed by atoms with Crippen molar-refractivity contribution >= 4 is 6.21 Å². The van der Waals surface area contributed by atoms with Crippen LogP contribution in [0.25, 0.3) is 0 Å². The lowest BCUT2D eigenvalue weighted by molar-refractivity contribution is 0.617. The van der Waals surface area contributed by atoms with Gasteiger partial charge in [0.2, 0.25) is 0 Å². The second-order valence-electron chi connectivity index (χ2n) is 3.08. The molecule has 12 heavy (non-hydrogen) atoms. The number of rotatable bonds is 1. The molecule has 1 aliphatic rings. The van der Waals surface area contributed by atoms with Crippen LogP contribution >= 0.6 is 0 Å². The van der Waals surface area contributed by atoms with Gasteiger partial charge in [-0.1, -0.05) is 6.07 Å². The quantitative estimate of drug-likeness (QED) is 0.617. The maximum absolute atomic E-state index is 4.33. The zero-order chi connectivity index (χ0) is 8.23. The Morgan fingerprint density at radius 1 is 1.33 bits per heavy atom. The standard InChI is InChI=1S/C10H12N2/c1-2-7-12-10(5-1)9-4-3-6-11-8-9/h1-2,5-7,9H,3-4,8H2. The van der Waals surface area contributed by atoms with E-state index in [-0.39, 0.29) is 0 Å².